The van der Waals surface area contributed by atoms with E-state index >= 15 is 0 Å². The van der Waals surface area contributed by atoms with Crippen LogP contribution in [0, 0.1) is 0 Å². The highest BCUT2D eigenvalue weighted by Gasteiger charge is 2.25. The summed E-state index contributed by atoms with van der Waals surface area (Å²) in [7, 11) is 0. The number of nitrogens with zero attached hydrogens (tertiary/aromatic N) is 2. The maximum Gasteiger partial charge on any atom is 0.275 e. The number of amides is 1. The standard InChI is InChI=1S/C17H17ClN4O6/c1-2-19-17(26)15-14(20-6-9-3-8(7-23)21-27-9)16(28-22-15)10-4-11(18)13(25)5-12(10)24/h3-5,20,23-25H,2,6-7H2,1H3,(H,19,26). The zero-order valence-electron chi connectivity index (χ0n) is 14.7. The molecule has 148 valence electrons. The molecule has 0 unspecified atom stereocenters. The zero-order chi connectivity index (χ0) is 20.3. The van der Waals surface area contributed by atoms with Crippen molar-refractivity contribution in [3.63, 3.8) is 0 Å². The summed E-state index contributed by atoms with van der Waals surface area (Å²) in [6.07, 6.45) is 0. The third-order valence-electron chi connectivity index (χ3n) is 3.76. The summed E-state index contributed by atoms with van der Waals surface area (Å²) in [5.74, 6) is -0.670. The Bertz CT molecular complexity index is 1000. The number of aromatic nitrogens is 2. The Morgan fingerprint density at radius 3 is 2.64 bits per heavy atom. The number of benzene rings is 1. The largest absolute Gasteiger partial charge is 0.507 e. The summed E-state index contributed by atoms with van der Waals surface area (Å²) in [5.41, 5.74) is 0.628. The molecule has 0 bridgehead atoms. The number of hydrogen-bond acceptors (Lipinski definition) is 9. The number of hydrogen-bond donors (Lipinski definition) is 5. The summed E-state index contributed by atoms with van der Waals surface area (Å²) < 4.78 is 10.4. The maximum absolute atomic E-state index is 12.3. The first kappa shape index (κ1) is 19.5. The van der Waals surface area contributed by atoms with E-state index in [0.717, 1.165) is 6.07 Å². The lowest BCUT2D eigenvalue weighted by Gasteiger charge is -2.08. The molecule has 0 spiro atoms. The highest BCUT2D eigenvalue weighted by atomic mass is 35.5. The van der Waals surface area contributed by atoms with Crippen molar-refractivity contribution in [2.75, 3.05) is 11.9 Å². The van der Waals surface area contributed by atoms with Gasteiger partial charge in [-0.3, -0.25) is 4.79 Å². The van der Waals surface area contributed by atoms with Gasteiger partial charge in [0.2, 0.25) is 0 Å². The SMILES string of the molecule is CCNC(=O)c1noc(-c2cc(Cl)c(O)cc2O)c1NCc1cc(CO)no1. The van der Waals surface area contributed by atoms with Gasteiger partial charge in [0.25, 0.3) is 5.91 Å². The molecule has 0 aliphatic heterocycles. The van der Waals surface area contributed by atoms with Gasteiger partial charge in [-0.25, -0.2) is 0 Å². The van der Waals surface area contributed by atoms with Gasteiger partial charge in [-0.05, 0) is 13.0 Å². The van der Waals surface area contributed by atoms with Gasteiger partial charge in [-0.2, -0.15) is 0 Å². The van der Waals surface area contributed by atoms with E-state index in [9.17, 15) is 15.0 Å². The summed E-state index contributed by atoms with van der Waals surface area (Å²) in [4.78, 5) is 12.3. The zero-order valence-corrected chi connectivity index (χ0v) is 15.4. The highest BCUT2D eigenvalue weighted by Crippen LogP contribution is 2.41. The average Bonchev–Trinajstić information content (AvgIpc) is 3.29. The molecule has 0 radical (unpaired) electrons. The summed E-state index contributed by atoms with van der Waals surface area (Å²) >= 11 is 5.93. The predicted octanol–water partition coefficient (Wildman–Crippen LogP) is 2.25. The summed E-state index contributed by atoms with van der Waals surface area (Å²) in [6.45, 7) is 1.95. The van der Waals surface area contributed by atoms with Crippen LogP contribution in [0.4, 0.5) is 5.69 Å². The lowest BCUT2D eigenvalue weighted by molar-refractivity contribution is 0.0947. The summed E-state index contributed by atoms with van der Waals surface area (Å²) in [6, 6.07) is 3.89. The maximum atomic E-state index is 12.3. The lowest BCUT2D eigenvalue weighted by atomic mass is 10.1. The molecule has 3 aromatic rings. The molecule has 0 aliphatic carbocycles. The smallest absolute Gasteiger partial charge is 0.275 e. The number of carbonyl (C=O) groups excluding carboxylic acids is 1. The van der Waals surface area contributed by atoms with Crippen molar-refractivity contribution in [1.82, 2.24) is 15.6 Å². The highest BCUT2D eigenvalue weighted by molar-refractivity contribution is 6.32. The fourth-order valence-corrected chi connectivity index (χ4v) is 2.62. The second-order valence-electron chi connectivity index (χ2n) is 5.71. The van der Waals surface area contributed by atoms with E-state index in [4.69, 9.17) is 25.8 Å². The molecule has 10 nitrogen and oxygen atoms in total. The number of aliphatic hydroxyl groups excluding tert-OH is 1. The van der Waals surface area contributed by atoms with Crippen molar-refractivity contribution in [3.05, 3.63) is 40.4 Å². The van der Waals surface area contributed by atoms with Crippen LogP contribution in [0.1, 0.15) is 28.9 Å². The van der Waals surface area contributed by atoms with Gasteiger partial charge in [0.1, 0.15) is 22.9 Å². The van der Waals surface area contributed by atoms with Crippen molar-refractivity contribution < 1.29 is 29.2 Å². The second kappa shape index (κ2) is 8.19. The third-order valence-corrected chi connectivity index (χ3v) is 4.07. The molecule has 5 N–H and O–H groups in total. The van der Waals surface area contributed by atoms with E-state index in [1.54, 1.807) is 13.0 Å². The second-order valence-corrected chi connectivity index (χ2v) is 6.12. The van der Waals surface area contributed by atoms with Crippen molar-refractivity contribution in [2.45, 2.75) is 20.1 Å². The van der Waals surface area contributed by atoms with E-state index in [-0.39, 0.29) is 52.4 Å². The number of aromatic hydroxyl groups is 2. The molecule has 0 fully saturated rings. The number of phenols is 2. The van der Waals surface area contributed by atoms with Gasteiger partial charge in [0, 0.05) is 18.7 Å². The van der Waals surface area contributed by atoms with Crippen LogP contribution in [0.15, 0.2) is 27.2 Å². The number of rotatable bonds is 7. The van der Waals surface area contributed by atoms with Crippen molar-refractivity contribution >= 4 is 23.2 Å². The lowest BCUT2D eigenvalue weighted by Crippen LogP contribution is -2.24. The fourth-order valence-electron chi connectivity index (χ4n) is 2.46. The molecule has 0 saturated carbocycles. The van der Waals surface area contributed by atoms with Gasteiger partial charge < -0.3 is 35.0 Å². The minimum atomic E-state index is -0.488. The van der Waals surface area contributed by atoms with Gasteiger partial charge in [-0.1, -0.05) is 21.9 Å². The number of anilines is 1. The molecule has 11 heteroatoms. The number of aliphatic hydroxyl groups is 1. The first-order valence-corrected chi connectivity index (χ1v) is 8.61. The quantitative estimate of drug-likeness (QED) is 0.396. The average molecular weight is 409 g/mol. The number of carbonyl (C=O) groups is 1. The Kier molecular flexibility index (Phi) is 5.71. The Morgan fingerprint density at radius 1 is 1.18 bits per heavy atom. The minimum absolute atomic E-state index is 0.0162. The van der Waals surface area contributed by atoms with Crippen molar-refractivity contribution in [3.8, 4) is 22.8 Å². The van der Waals surface area contributed by atoms with E-state index < -0.39 is 5.91 Å². The molecule has 0 saturated heterocycles. The van der Waals surface area contributed by atoms with Gasteiger partial charge >= 0.3 is 0 Å². The van der Waals surface area contributed by atoms with Crippen LogP contribution < -0.4 is 10.6 Å². The van der Waals surface area contributed by atoms with Crippen LogP contribution in [0.5, 0.6) is 11.5 Å². The molecule has 1 amide bonds. The molecule has 28 heavy (non-hydrogen) atoms. The predicted molar refractivity (Wildman–Crippen MR) is 98.0 cm³/mol. The van der Waals surface area contributed by atoms with Crippen LogP contribution >= 0.6 is 11.6 Å². The van der Waals surface area contributed by atoms with Crippen molar-refractivity contribution in [2.24, 2.45) is 0 Å². The molecule has 0 aliphatic rings. The Morgan fingerprint density at radius 2 is 1.96 bits per heavy atom. The van der Waals surface area contributed by atoms with E-state index in [2.05, 4.69) is 20.9 Å². The summed E-state index contributed by atoms with van der Waals surface area (Å²) in [5, 5.41) is 41.9. The number of nitrogens with one attached hydrogen (secondary N) is 2. The molecule has 2 heterocycles. The molecule has 2 aromatic heterocycles. The minimum Gasteiger partial charge on any atom is -0.507 e. The van der Waals surface area contributed by atoms with Crippen LogP contribution in [0.2, 0.25) is 5.02 Å². The van der Waals surface area contributed by atoms with Crippen LogP contribution in [0.25, 0.3) is 11.3 Å². The Hall–Kier alpha value is -3.24. The van der Waals surface area contributed by atoms with E-state index in [1.165, 1.54) is 6.07 Å². The van der Waals surface area contributed by atoms with Crippen molar-refractivity contribution in [1.29, 1.82) is 0 Å². The third kappa shape index (κ3) is 3.87. The van der Waals surface area contributed by atoms with Gasteiger partial charge in [0.05, 0.1) is 23.7 Å². The van der Waals surface area contributed by atoms with Crippen LogP contribution in [-0.4, -0.2) is 38.1 Å². The molecule has 0 atom stereocenters. The first-order valence-electron chi connectivity index (χ1n) is 8.23. The van der Waals surface area contributed by atoms with Crippen LogP contribution in [0.3, 0.4) is 0 Å². The Labute approximate surface area is 163 Å². The number of phenolic OH excluding ortho intramolecular Hbond substituents is 2. The fraction of sp³-hybridized carbons (Fsp3) is 0.235. The molecule has 1 aromatic carbocycles. The Balaban J connectivity index is 2.00. The molecular formula is C17H17ClN4O6. The monoisotopic (exact) mass is 408 g/mol. The first-order chi connectivity index (χ1) is 13.4. The van der Waals surface area contributed by atoms with Gasteiger partial charge in [0.15, 0.2) is 17.2 Å². The van der Waals surface area contributed by atoms with E-state index in [1.807, 2.05) is 0 Å². The van der Waals surface area contributed by atoms with Crippen LogP contribution in [-0.2, 0) is 13.2 Å². The molecule has 3 rings (SSSR count). The number of halogens is 1. The normalized spacial score (nSPS) is 10.8. The van der Waals surface area contributed by atoms with E-state index in [0.29, 0.717) is 18.0 Å². The topological polar surface area (TPSA) is 154 Å². The molecular weight excluding hydrogens is 392 g/mol. The van der Waals surface area contributed by atoms with Gasteiger partial charge in [-0.15, -0.1) is 0 Å².